The minimum atomic E-state index is -0.819. The first-order chi connectivity index (χ1) is 6.20. The largest absolute Gasteiger partial charge is 0.354 e. The summed E-state index contributed by atoms with van der Waals surface area (Å²) in [6.45, 7) is 1.44. The molecule has 2 atom stereocenters. The van der Waals surface area contributed by atoms with E-state index in [1.165, 1.54) is 0 Å². The highest BCUT2D eigenvalue weighted by atomic mass is 32.2. The number of nitrogens with one attached hydrogen (secondary N) is 2. The minimum Gasteiger partial charge on any atom is -0.354 e. The van der Waals surface area contributed by atoms with Crippen LogP contribution in [0, 0.1) is 0 Å². The average molecular weight is 204 g/mol. The molecule has 1 amide bonds. The van der Waals surface area contributed by atoms with Gasteiger partial charge >= 0.3 is 0 Å². The predicted octanol–water partition coefficient (Wildman–Crippen LogP) is -0.767. The summed E-state index contributed by atoms with van der Waals surface area (Å²) < 4.78 is 10.7. The van der Waals surface area contributed by atoms with E-state index in [-0.39, 0.29) is 11.9 Å². The molecule has 0 aliphatic carbocycles. The van der Waals surface area contributed by atoms with Crippen LogP contribution in [0.3, 0.4) is 0 Å². The molecule has 1 aliphatic rings. The summed E-state index contributed by atoms with van der Waals surface area (Å²) in [6, 6.07) is -0.0229. The van der Waals surface area contributed by atoms with Crippen LogP contribution in [0.4, 0.5) is 0 Å². The van der Waals surface area contributed by atoms with Crippen LogP contribution in [0.1, 0.15) is 12.8 Å². The number of hydrogen-bond acceptors (Lipinski definition) is 3. The van der Waals surface area contributed by atoms with Crippen molar-refractivity contribution in [2.45, 2.75) is 18.9 Å². The zero-order chi connectivity index (χ0) is 9.68. The van der Waals surface area contributed by atoms with Gasteiger partial charge in [-0.3, -0.25) is 9.00 Å². The molecule has 0 spiro atoms. The number of hydrogen-bond donors (Lipinski definition) is 2. The Bertz CT molecular complexity index is 202. The van der Waals surface area contributed by atoms with Crippen LogP contribution in [0.2, 0.25) is 0 Å². The molecular formula is C8H16N2O2S. The van der Waals surface area contributed by atoms with E-state index < -0.39 is 10.8 Å². The van der Waals surface area contributed by atoms with Gasteiger partial charge < -0.3 is 10.6 Å². The van der Waals surface area contributed by atoms with Gasteiger partial charge in [-0.1, -0.05) is 0 Å². The van der Waals surface area contributed by atoms with Gasteiger partial charge in [-0.25, -0.2) is 0 Å². The van der Waals surface area contributed by atoms with Crippen molar-refractivity contribution in [2.75, 3.05) is 25.1 Å². The number of amides is 1. The smallest absolute Gasteiger partial charge is 0.237 e. The predicted molar refractivity (Wildman–Crippen MR) is 53.0 cm³/mol. The van der Waals surface area contributed by atoms with Crippen LogP contribution < -0.4 is 10.6 Å². The molecule has 1 saturated heterocycles. The molecule has 13 heavy (non-hydrogen) atoms. The van der Waals surface area contributed by atoms with Crippen molar-refractivity contribution in [1.29, 1.82) is 0 Å². The topological polar surface area (TPSA) is 58.2 Å². The maximum atomic E-state index is 11.4. The van der Waals surface area contributed by atoms with E-state index in [1.807, 2.05) is 0 Å². The van der Waals surface area contributed by atoms with Gasteiger partial charge in [0, 0.05) is 29.4 Å². The van der Waals surface area contributed by atoms with Gasteiger partial charge in [-0.2, -0.15) is 0 Å². The van der Waals surface area contributed by atoms with Crippen molar-refractivity contribution < 1.29 is 9.00 Å². The lowest BCUT2D eigenvalue weighted by molar-refractivity contribution is -0.122. The van der Waals surface area contributed by atoms with Crippen molar-refractivity contribution in [1.82, 2.24) is 10.6 Å². The minimum absolute atomic E-state index is 0.0229. The van der Waals surface area contributed by atoms with E-state index >= 15 is 0 Å². The maximum Gasteiger partial charge on any atom is 0.237 e. The molecular weight excluding hydrogens is 188 g/mol. The molecule has 0 aromatic heterocycles. The number of carbonyl (C=O) groups excluding carboxylic acids is 1. The molecule has 76 valence electrons. The Morgan fingerprint density at radius 3 is 3.00 bits per heavy atom. The normalized spacial score (nSPS) is 24.2. The van der Waals surface area contributed by atoms with Crippen LogP contribution in [0.5, 0.6) is 0 Å². The molecule has 1 fully saturated rings. The zero-order valence-corrected chi connectivity index (χ0v) is 8.65. The molecule has 4 nitrogen and oxygen atoms in total. The second-order valence-corrected chi connectivity index (χ2v) is 4.77. The van der Waals surface area contributed by atoms with E-state index in [0.717, 1.165) is 19.4 Å². The van der Waals surface area contributed by atoms with Gasteiger partial charge in [-0.15, -0.1) is 0 Å². The van der Waals surface area contributed by atoms with E-state index in [9.17, 15) is 9.00 Å². The molecule has 2 N–H and O–H groups in total. The highest BCUT2D eigenvalue weighted by Gasteiger charge is 2.21. The first kappa shape index (κ1) is 10.7. The summed E-state index contributed by atoms with van der Waals surface area (Å²) in [5.41, 5.74) is 0. The van der Waals surface area contributed by atoms with Gasteiger partial charge in [0.05, 0.1) is 6.04 Å². The maximum absolute atomic E-state index is 11.4. The standard InChI is InChI=1S/C8H16N2O2S/c1-13(12)6-5-10-8(11)7-3-2-4-9-7/h7,9H,2-6H2,1H3,(H,10,11). The van der Waals surface area contributed by atoms with Crippen LogP contribution in [-0.2, 0) is 15.6 Å². The summed E-state index contributed by atoms with van der Waals surface area (Å²) in [4.78, 5) is 11.4. The fourth-order valence-corrected chi connectivity index (χ4v) is 1.74. The molecule has 5 heteroatoms. The molecule has 1 aliphatic heterocycles. The summed E-state index contributed by atoms with van der Waals surface area (Å²) in [5, 5.41) is 5.87. The summed E-state index contributed by atoms with van der Waals surface area (Å²) in [6.07, 6.45) is 3.62. The monoisotopic (exact) mass is 204 g/mol. The fraction of sp³-hybridized carbons (Fsp3) is 0.875. The third-order valence-electron chi connectivity index (χ3n) is 2.07. The lowest BCUT2D eigenvalue weighted by Gasteiger charge is -2.09. The van der Waals surface area contributed by atoms with Crippen molar-refractivity contribution in [3.05, 3.63) is 0 Å². The second kappa shape index (κ2) is 5.34. The zero-order valence-electron chi connectivity index (χ0n) is 7.84. The van der Waals surface area contributed by atoms with Gasteiger partial charge in [0.1, 0.15) is 0 Å². The highest BCUT2D eigenvalue weighted by molar-refractivity contribution is 7.84. The fourth-order valence-electron chi connectivity index (χ4n) is 1.35. The van der Waals surface area contributed by atoms with Crippen LogP contribution in [0.25, 0.3) is 0 Å². The average Bonchev–Trinajstić information content (AvgIpc) is 2.55. The van der Waals surface area contributed by atoms with Crippen molar-refractivity contribution in [3.8, 4) is 0 Å². The lowest BCUT2D eigenvalue weighted by Crippen LogP contribution is -2.41. The molecule has 0 bridgehead atoms. The van der Waals surface area contributed by atoms with Crippen molar-refractivity contribution in [2.24, 2.45) is 0 Å². The van der Waals surface area contributed by atoms with E-state index in [2.05, 4.69) is 10.6 Å². The highest BCUT2D eigenvalue weighted by Crippen LogP contribution is 2.03. The van der Waals surface area contributed by atoms with Crippen LogP contribution in [-0.4, -0.2) is 41.3 Å². The molecule has 0 saturated carbocycles. The molecule has 0 radical (unpaired) electrons. The first-order valence-electron chi connectivity index (χ1n) is 4.51. The Morgan fingerprint density at radius 2 is 2.46 bits per heavy atom. The number of rotatable bonds is 4. The van der Waals surface area contributed by atoms with Gasteiger partial charge in [0.15, 0.2) is 0 Å². The van der Waals surface area contributed by atoms with Gasteiger partial charge in [0.2, 0.25) is 5.91 Å². The molecule has 2 unspecified atom stereocenters. The Kier molecular flexibility index (Phi) is 4.38. The Labute approximate surface area is 80.9 Å². The third-order valence-corrected chi connectivity index (χ3v) is 2.84. The van der Waals surface area contributed by atoms with Crippen molar-refractivity contribution in [3.63, 3.8) is 0 Å². The molecule has 0 aromatic rings. The first-order valence-corrected chi connectivity index (χ1v) is 6.24. The quantitative estimate of drug-likeness (QED) is 0.632. The van der Waals surface area contributed by atoms with E-state index in [0.29, 0.717) is 12.3 Å². The number of carbonyl (C=O) groups is 1. The van der Waals surface area contributed by atoms with E-state index in [1.54, 1.807) is 6.26 Å². The lowest BCUT2D eigenvalue weighted by atomic mass is 10.2. The third kappa shape index (κ3) is 3.87. The Morgan fingerprint density at radius 1 is 1.69 bits per heavy atom. The molecule has 1 heterocycles. The molecule has 1 rings (SSSR count). The van der Waals surface area contributed by atoms with Gasteiger partial charge in [-0.05, 0) is 19.4 Å². The summed E-state index contributed by atoms with van der Waals surface area (Å²) in [5.74, 6) is 0.585. The Balaban J connectivity index is 2.13. The summed E-state index contributed by atoms with van der Waals surface area (Å²) in [7, 11) is -0.819. The second-order valence-electron chi connectivity index (χ2n) is 3.22. The van der Waals surface area contributed by atoms with Gasteiger partial charge in [0.25, 0.3) is 0 Å². The van der Waals surface area contributed by atoms with Crippen molar-refractivity contribution >= 4 is 16.7 Å². The Hall–Kier alpha value is -0.420. The van der Waals surface area contributed by atoms with E-state index in [4.69, 9.17) is 0 Å². The molecule has 0 aromatic carbocycles. The summed E-state index contributed by atoms with van der Waals surface area (Å²) >= 11 is 0. The SMILES string of the molecule is CS(=O)CCNC(=O)C1CCCN1. The van der Waals surface area contributed by atoms with Crippen LogP contribution in [0.15, 0.2) is 0 Å². The van der Waals surface area contributed by atoms with Crippen LogP contribution >= 0.6 is 0 Å².